The van der Waals surface area contributed by atoms with Crippen LogP contribution in [0.15, 0.2) is 42.5 Å². The second-order valence-electron chi connectivity index (χ2n) is 8.78. The molecule has 0 radical (unpaired) electrons. The Morgan fingerprint density at radius 3 is 2.12 bits per heavy atom. The van der Waals surface area contributed by atoms with Crippen LogP contribution in [0.3, 0.4) is 0 Å². The number of anilines is 3. The molecule has 0 aliphatic heterocycles. The van der Waals surface area contributed by atoms with Crippen LogP contribution in [0.1, 0.15) is 21.5 Å². The summed E-state index contributed by atoms with van der Waals surface area (Å²) in [5.41, 5.74) is 7.69. The summed E-state index contributed by atoms with van der Waals surface area (Å²) in [7, 11) is 3.17. The van der Waals surface area contributed by atoms with Crippen LogP contribution in [0.2, 0.25) is 0 Å². The minimum atomic E-state index is -0.182. The molecule has 228 valence electrons. The number of carbonyl (C=O) groups excluding carboxylic acids is 1. The molecule has 42 heavy (non-hydrogen) atoms. The van der Waals surface area contributed by atoms with Gasteiger partial charge in [0.15, 0.2) is 11.5 Å². The molecule has 0 bridgehead atoms. The minimum Gasteiger partial charge on any atom is -0.493 e. The third-order valence-corrected chi connectivity index (χ3v) is 5.78. The Bertz CT molecular complexity index is 1230. The van der Waals surface area contributed by atoms with Gasteiger partial charge in [0, 0.05) is 43.9 Å². The van der Waals surface area contributed by atoms with Crippen molar-refractivity contribution in [2.45, 2.75) is 13.1 Å². The molecule has 3 rings (SSSR count). The maximum atomic E-state index is 12.4. The second-order valence-corrected chi connectivity index (χ2v) is 8.78. The number of hydrogen-bond acceptors (Lipinski definition) is 13. The number of methoxy groups -OCH3 is 2. The summed E-state index contributed by atoms with van der Waals surface area (Å²) in [6.07, 6.45) is 0. The van der Waals surface area contributed by atoms with Crippen molar-refractivity contribution in [3.05, 3.63) is 59.2 Å². The van der Waals surface area contributed by atoms with Crippen molar-refractivity contribution in [3.8, 4) is 11.5 Å². The van der Waals surface area contributed by atoms with Gasteiger partial charge in [0.2, 0.25) is 17.8 Å². The van der Waals surface area contributed by atoms with Crippen LogP contribution in [0.4, 0.5) is 17.8 Å². The lowest BCUT2D eigenvalue weighted by atomic mass is 10.1. The van der Waals surface area contributed by atoms with Gasteiger partial charge in [-0.2, -0.15) is 15.0 Å². The van der Waals surface area contributed by atoms with E-state index in [1.165, 1.54) is 0 Å². The predicted octanol–water partition coefficient (Wildman–Crippen LogP) is 1.24. The van der Waals surface area contributed by atoms with Gasteiger partial charge >= 0.3 is 0 Å². The summed E-state index contributed by atoms with van der Waals surface area (Å²) in [4.78, 5) is 25.7. The first kappa shape index (κ1) is 32.3. The maximum Gasteiger partial charge on any atom is 0.251 e. The van der Waals surface area contributed by atoms with Gasteiger partial charge in [-0.05, 0) is 23.8 Å². The molecule has 0 saturated carbocycles. The zero-order valence-electron chi connectivity index (χ0n) is 24.0. The van der Waals surface area contributed by atoms with E-state index in [-0.39, 0.29) is 19.1 Å². The highest BCUT2D eigenvalue weighted by atomic mass is 16.5. The third-order valence-electron chi connectivity index (χ3n) is 5.78. The Morgan fingerprint density at radius 2 is 1.48 bits per heavy atom. The lowest BCUT2D eigenvalue weighted by Gasteiger charge is -2.14. The summed E-state index contributed by atoms with van der Waals surface area (Å²) in [6, 6.07) is 12.8. The Hall–Kier alpha value is -4.24. The molecule has 1 aromatic heterocycles. The van der Waals surface area contributed by atoms with Crippen molar-refractivity contribution in [2.24, 2.45) is 5.73 Å². The highest BCUT2D eigenvalue weighted by Gasteiger charge is 2.12. The summed E-state index contributed by atoms with van der Waals surface area (Å²) in [5.74, 6) is 2.03. The number of carbonyl (C=O) groups is 1. The van der Waals surface area contributed by atoms with Gasteiger partial charge in [-0.1, -0.05) is 24.3 Å². The number of nitrogens with two attached hydrogens (primary N) is 1. The molecule has 0 unspecified atom stereocenters. The molecule has 0 aliphatic carbocycles. The molecule has 14 heteroatoms. The number of nitrogens with one attached hydrogen (secondary N) is 4. The number of ether oxygens (including phenoxy) is 4. The monoisotopic (exact) mass is 584 g/mol. The number of aromatic nitrogens is 3. The number of amides is 1. The van der Waals surface area contributed by atoms with Crippen molar-refractivity contribution in [3.63, 3.8) is 0 Å². The highest BCUT2D eigenvalue weighted by molar-refractivity contribution is 5.94. The van der Waals surface area contributed by atoms with E-state index in [1.807, 2.05) is 30.3 Å². The van der Waals surface area contributed by atoms with Crippen molar-refractivity contribution in [2.75, 3.05) is 82.8 Å². The van der Waals surface area contributed by atoms with Crippen LogP contribution in [0.25, 0.3) is 0 Å². The SMILES string of the molecule is COc1cccc(CNc2nc(NCCO)nc(NCc3ccc(C(=O)NCCOCCOCCN)cc3)n2)c1OC. The number of para-hydroxylation sites is 1. The average Bonchev–Trinajstić information content (AvgIpc) is 3.02. The Labute approximate surface area is 245 Å². The van der Waals surface area contributed by atoms with Gasteiger partial charge in [-0.15, -0.1) is 0 Å². The molecule has 7 N–H and O–H groups in total. The third kappa shape index (κ3) is 10.6. The topological polar surface area (TPSA) is 187 Å². The van der Waals surface area contributed by atoms with Crippen LogP contribution in [0, 0.1) is 0 Å². The van der Waals surface area contributed by atoms with E-state index in [2.05, 4.69) is 36.2 Å². The van der Waals surface area contributed by atoms with Crippen LogP contribution >= 0.6 is 0 Å². The van der Waals surface area contributed by atoms with Crippen LogP contribution in [-0.4, -0.2) is 92.9 Å². The van der Waals surface area contributed by atoms with Crippen molar-refractivity contribution >= 4 is 23.8 Å². The molecule has 0 saturated heterocycles. The molecule has 0 aliphatic rings. The number of rotatable bonds is 20. The maximum absolute atomic E-state index is 12.4. The quantitative estimate of drug-likeness (QED) is 0.104. The van der Waals surface area contributed by atoms with Gasteiger partial charge in [0.1, 0.15) is 0 Å². The van der Waals surface area contributed by atoms with Gasteiger partial charge in [0.25, 0.3) is 5.91 Å². The van der Waals surface area contributed by atoms with E-state index < -0.39 is 0 Å². The average molecular weight is 585 g/mol. The fraction of sp³-hybridized carbons (Fsp3) is 0.429. The number of nitrogens with zero attached hydrogens (tertiary/aromatic N) is 3. The van der Waals surface area contributed by atoms with Crippen molar-refractivity contribution in [1.29, 1.82) is 0 Å². The summed E-state index contributed by atoms with van der Waals surface area (Å²) < 4.78 is 21.5. The summed E-state index contributed by atoms with van der Waals surface area (Å²) in [6.45, 7) is 3.69. The fourth-order valence-electron chi connectivity index (χ4n) is 3.75. The van der Waals surface area contributed by atoms with E-state index in [4.69, 9.17) is 24.7 Å². The van der Waals surface area contributed by atoms with Gasteiger partial charge in [0.05, 0.1) is 47.3 Å². The summed E-state index contributed by atoms with van der Waals surface area (Å²) >= 11 is 0. The molecule has 1 heterocycles. The first-order valence-electron chi connectivity index (χ1n) is 13.6. The number of aliphatic hydroxyl groups excluding tert-OH is 1. The Kier molecular flexibility index (Phi) is 14.0. The molecule has 0 atom stereocenters. The van der Waals surface area contributed by atoms with Crippen LogP contribution < -0.4 is 36.5 Å². The standard InChI is InChI=1S/C28H40N8O6/c1-39-23-5-3-4-22(24(23)40-2)19-33-28-35-26(31-11-13-37)34-27(36-28)32-18-20-6-8-21(9-7-20)25(38)30-12-15-42-17-16-41-14-10-29/h3-9,37H,10-19,29H2,1-2H3,(H,30,38)(H3,31,32,33,34,35,36). The second kappa shape index (κ2) is 18.2. The first-order valence-corrected chi connectivity index (χ1v) is 13.6. The minimum absolute atomic E-state index is 0.0740. The van der Waals surface area contributed by atoms with Gasteiger partial charge in [-0.3, -0.25) is 4.79 Å². The van der Waals surface area contributed by atoms with E-state index in [1.54, 1.807) is 26.4 Å². The molecular weight excluding hydrogens is 544 g/mol. The summed E-state index contributed by atoms with van der Waals surface area (Å²) in [5, 5.41) is 21.4. The van der Waals surface area contributed by atoms with Gasteiger partial charge < -0.3 is 51.1 Å². The molecule has 14 nitrogen and oxygen atoms in total. The molecule has 0 spiro atoms. The normalized spacial score (nSPS) is 10.7. The Morgan fingerprint density at radius 1 is 0.810 bits per heavy atom. The first-order chi connectivity index (χ1) is 20.6. The molecular formula is C28H40N8O6. The Balaban J connectivity index is 1.54. The highest BCUT2D eigenvalue weighted by Crippen LogP contribution is 2.31. The van der Waals surface area contributed by atoms with E-state index in [9.17, 15) is 9.90 Å². The molecule has 1 amide bonds. The van der Waals surface area contributed by atoms with Crippen LogP contribution in [-0.2, 0) is 22.6 Å². The lowest BCUT2D eigenvalue weighted by molar-refractivity contribution is 0.0511. The number of benzene rings is 2. The lowest BCUT2D eigenvalue weighted by Crippen LogP contribution is -2.27. The van der Waals surface area contributed by atoms with Crippen molar-refractivity contribution in [1.82, 2.24) is 20.3 Å². The van der Waals surface area contributed by atoms with Gasteiger partial charge in [-0.25, -0.2) is 0 Å². The molecule has 2 aromatic carbocycles. The number of hydrogen-bond donors (Lipinski definition) is 6. The fourth-order valence-corrected chi connectivity index (χ4v) is 3.75. The molecule has 0 fully saturated rings. The van der Waals surface area contributed by atoms with E-state index >= 15 is 0 Å². The molecule has 3 aromatic rings. The van der Waals surface area contributed by atoms with E-state index in [0.29, 0.717) is 87.5 Å². The van der Waals surface area contributed by atoms with E-state index in [0.717, 1.165) is 11.1 Å². The zero-order chi connectivity index (χ0) is 30.0. The van der Waals surface area contributed by atoms with Crippen LogP contribution in [0.5, 0.6) is 11.5 Å². The largest absolute Gasteiger partial charge is 0.493 e. The number of aliphatic hydroxyl groups is 1. The zero-order valence-corrected chi connectivity index (χ0v) is 24.0. The van der Waals surface area contributed by atoms with Crippen molar-refractivity contribution < 1.29 is 28.8 Å². The predicted molar refractivity (Wildman–Crippen MR) is 159 cm³/mol. The smallest absolute Gasteiger partial charge is 0.251 e.